The molecular formula is C58H41N. The Bertz CT molecular complexity index is 3040. The second kappa shape index (κ2) is 14.5. The summed E-state index contributed by atoms with van der Waals surface area (Å²) < 4.78 is 2.49. The molecule has 0 aliphatic heterocycles. The van der Waals surface area contributed by atoms with E-state index in [-0.39, 0.29) is 0 Å². The Morgan fingerprint density at radius 2 is 0.983 bits per heavy atom. The van der Waals surface area contributed by atoms with Gasteiger partial charge in [-0.2, -0.15) is 0 Å². The van der Waals surface area contributed by atoms with Crippen LogP contribution in [0.3, 0.4) is 0 Å². The van der Waals surface area contributed by atoms with Crippen LogP contribution in [0.25, 0.3) is 61.4 Å². The lowest BCUT2D eigenvalue weighted by atomic mass is 9.67. The van der Waals surface area contributed by atoms with E-state index in [4.69, 9.17) is 0 Å². The molecule has 0 fully saturated rings. The van der Waals surface area contributed by atoms with Gasteiger partial charge in [-0.15, -0.1) is 0 Å². The molecule has 0 unspecified atom stereocenters. The van der Waals surface area contributed by atoms with Gasteiger partial charge in [-0.1, -0.05) is 218 Å². The van der Waals surface area contributed by atoms with Gasteiger partial charge in [0.15, 0.2) is 0 Å². The van der Waals surface area contributed by atoms with Crippen LogP contribution in [0.5, 0.6) is 0 Å². The fourth-order valence-corrected chi connectivity index (χ4v) is 9.76. The van der Waals surface area contributed by atoms with E-state index in [0.717, 1.165) is 6.42 Å². The molecule has 278 valence electrons. The SMILES string of the molecule is C(=C(\Cc1ccc2c(c1)C(c1ccccc1)(c1ccccc1)c1cccc(-n3c4ccccc4c4ccccc43)c1-2)c1ccc(-c2ccccc2)cc1)/c1ccccc1. The summed E-state index contributed by atoms with van der Waals surface area (Å²) in [6, 6.07) is 84.7. The van der Waals surface area contributed by atoms with Gasteiger partial charge in [0.05, 0.1) is 22.1 Å². The topological polar surface area (TPSA) is 4.93 Å². The molecule has 0 saturated carbocycles. The number of benzene rings is 9. The van der Waals surface area contributed by atoms with Crippen molar-refractivity contribution in [2.24, 2.45) is 0 Å². The second-order valence-corrected chi connectivity index (χ2v) is 15.6. The number of aromatic nitrogens is 1. The maximum atomic E-state index is 2.52. The van der Waals surface area contributed by atoms with Crippen LogP contribution >= 0.6 is 0 Å². The van der Waals surface area contributed by atoms with Gasteiger partial charge in [-0.05, 0) is 85.8 Å². The van der Waals surface area contributed by atoms with Crippen molar-refractivity contribution in [2.75, 3.05) is 0 Å². The highest BCUT2D eigenvalue weighted by molar-refractivity contribution is 6.10. The third kappa shape index (κ3) is 5.77. The fourth-order valence-electron chi connectivity index (χ4n) is 9.76. The lowest BCUT2D eigenvalue weighted by Gasteiger charge is -2.34. The summed E-state index contributed by atoms with van der Waals surface area (Å²) in [4.78, 5) is 0. The molecule has 1 aliphatic rings. The van der Waals surface area contributed by atoms with Crippen molar-refractivity contribution in [3.05, 3.63) is 269 Å². The smallest absolute Gasteiger partial charge is 0.0714 e. The lowest BCUT2D eigenvalue weighted by molar-refractivity contribution is 0.766. The predicted octanol–water partition coefficient (Wildman–Crippen LogP) is 14.6. The average molecular weight is 752 g/mol. The van der Waals surface area contributed by atoms with Crippen molar-refractivity contribution < 1.29 is 0 Å². The van der Waals surface area contributed by atoms with Crippen LogP contribution < -0.4 is 0 Å². The first-order valence-electron chi connectivity index (χ1n) is 20.6. The summed E-state index contributed by atoms with van der Waals surface area (Å²) >= 11 is 0. The molecule has 11 rings (SSSR count). The van der Waals surface area contributed by atoms with Gasteiger partial charge in [0.1, 0.15) is 0 Å². The van der Waals surface area contributed by atoms with Crippen LogP contribution in [-0.4, -0.2) is 4.57 Å². The highest BCUT2D eigenvalue weighted by Gasteiger charge is 2.47. The van der Waals surface area contributed by atoms with Crippen LogP contribution in [0.1, 0.15) is 38.9 Å². The number of nitrogens with zero attached hydrogens (tertiary/aromatic N) is 1. The number of para-hydroxylation sites is 2. The first-order chi connectivity index (χ1) is 29.3. The van der Waals surface area contributed by atoms with Crippen molar-refractivity contribution in [2.45, 2.75) is 11.8 Å². The molecule has 1 heteroatoms. The van der Waals surface area contributed by atoms with Crippen LogP contribution in [0.4, 0.5) is 0 Å². The monoisotopic (exact) mass is 751 g/mol. The molecule has 0 amide bonds. The van der Waals surface area contributed by atoms with E-state index in [1.807, 2.05) is 0 Å². The number of fused-ring (bicyclic) bond motifs is 6. The Morgan fingerprint density at radius 3 is 1.61 bits per heavy atom. The minimum absolute atomic E-state index is 0.543. The third-order valence-electron chi connectivity index (χ3n) is 12.3. The summed E-state index contributed by atoms with van der Waals surface area (Å²) in [5, 5.41) is 2.53. The molecule has 10 aromatic rings. The molecule has 0 atom stereocenters. The van der Waals surface area contributed by atoms with E-state index in [9.17, 15) is 0 Å². The minimum Gasteiger partial charge on any atom is -0.309 e. The van der Waals surface area contributed by atoms with E-state index in [1.54, 1.807) is 0 Å². The van der Waals surface area contributed by atoms with E-state index < -0.39 is 5.41 Å². The molecule has 0 spiro atoms. The van der Waals surface area contributed by atoms with Gasteiger partial charge in [0.2, 0.25) is 0 Å². The van der Waals surface area contributed by atoms with Crippen LogP contribution in [0.15, 0.2) is 231 Å². The Balaban J connectivity index is 1.14. The number of rotatable bonds is 8. The zero-order valence-electron chi connectivity index (χ0n) is 32.7. The molecule has 0 N–H and O–H groups in total. The van der Waals surface area contributed by atoms with Gasteiger partial charge < -0.3 is 4.57 Å². The largest absolute Gasteiger partial charge is 0.309 e. The van der Waals surface area contributed by atoms with E-state index in [1.165, 1.54) is 94.3 Å². The van der Waals surface area contributed by atoms with Gasteiger partial charge in [-0.3, -0.25) is 0 Å². The summed E-state index contributed by atoms with van der Waals surface area (Å²) in [6.07, 6.45) is 3.14. The Kier molecular flexibility index (Phi) is 8.52. The van der Waals surface area contributed by atoms with Gasteiger partial charge in [-0.25, -0.2) is 0 Å². The van der Waals surface area contributed by atoms with E-state index in [2.05, 4.69) is 241 Å². The first kappa shape index (κ1) is 34.7. The summed E-state index contributed by atoms with van der Waals surface area (Å²) in [5.41, 5.74) is 18.2. The number of allylic oxidation sites excluding steroid dienone is 1. The van der Waals surface area contributed by atoms with Gasteiger partial charge in [0, 0.05) is 16.3 Å². The molecule has 1 nitrogen and oxygen atoms in total. The molecule has 1 heterocycles. The quantitative estimate of drug-likeness (QED) is 0.136. The van der Waals surface area contributed by atoms with E-state index in [0.29, 0.717) is 0 Å². The molecule has 1 aromatic heterocycles. The zero-order chi connectivity index (χ0) is 39.2. The second-order valence-electron chi connectivity index (χ2n) is 15.6. The number of hydrogen-bond acceptors (Lipinski definition) is 0. The standard InChI is InChI=1S/C58H41N/c1-5-18-41(19-6-1)38-46(45-35-33-44(34-36-45)43-20-7-2-8-21-43)39-42-32-37-51-53(40-42)58(47-22-9-3-10-23-47,48-24-11-4-12-25-48)52-28-17-31-56(57(51)52)59-54-29-15-13-26-49(54)50-27-14-16-30-55(50)59/h1-38,40H,39H2/b46-38-. The zero-order valence-corrected chi connectivity index (χ0v) is 32.7. The van der Waals surface area contributed by atoms with Crippen LogP contribution in [0, 0.1) is 0 Å². The molecule has 0 bridgehead atoms. The predicted molar refractivity (Wildman–Crippen MR) is 248 cm³/mol. The summed E-state index contributed by atoms with van der Waals surface area (Å²) in [6.45, 7) is 0. The van der Waals surface area contributed by atoms with Gasteiger partial charge in [0.25, 0.3) is 0 Å². The van der Waals surface area contributed by atoms with Gasteiger partial charge >= 0.3 is 0 Å². The van der Waals surface area contributed by atoms with Crippen LogP contribution in [-0.2, 0) is 11.8 Å². The Morgan fingerprint density at radius 1 is 0.441 bits per heavy atom. The molecule has 59 heavy (non-hydrogen) atoms. The van der Waals surface area contributed by atoms with Crippen molar-refractivity contribution in [3.63, 3.8) is 0 Å². The number of hydrogen-bond donors (Lipinski definition) is 0. The normalized spacial score (nSPS) is 13.1. The first-order valence-corrected chi connectivity index (χ1v) is 20.6. The fraction of sp³-hybridized carbons (Fsp3) is 0.0345. The van der Waals surface area contributed by atoms with E-state index >= 15 is 0 Å². The maximum absolute atomic E-state index is 2.52. The molecular weight excluding hydrogens is 711 g/mol. The van der Waals surface area contributed by atoms with Crippen molar-refractivity contribution in [1.82, 2.24) is 4.57 Å². The van der Waals surface area contributed by atoms with Crippen molar-refractivity contribution in [3.8, 4) is 27.9 Å². The summed E-state index contributed by atoms with van der Waals surface area (Å²) in [5.74, 6) is 0. The van der Waals surface area contributed by atoms with Crippen molar-refractivity contribution >= 4 is 33.5 Å². The Labute approximate surface area is 345 Å². The molecule has 0 saturated heterocycles. The lowest BCUT2D eigenvalue weighted by Crippen LogP contribution is -2.28. The molecule has 9 aromatic carbocycles. The average Bonchev–Trinajstić information content (AvgIpc) is 3.81. The minimum atomic E-state index is -0.543. The third-order valence-corrected chi connectivity index (χ3v) is 12.3. The molecule has 0 radical (unpaired) electrons. The van der Waals surface area contributed by atoms with Crippen LogP contribution in [0.2, 0.25) is 0 Å². The Hall–Kier alpha value is -7.48. The van der Waals surface area contributed by atoms with Crippen molar-refractivity contribution in [1.29, 1.82) is 0 Å². The highest BCUT2D eigenvalue weighted by atomic mass is 15.0. The molecule has 1 aliphatic carbocycles. The highest BCUT2D eigenvalue weighted by Crippen LogP contribution is 2.58. The maximum Gasteiger partial charge on any atom is 0.0714 e. The summed E-state index contributed by atoms with van der Waals surface area (Å²) in [7, 11) is 0.